The van der Waals surface area contributed by atoms with Crippen molar-refractivity contribution in [2.45, 2.75) is 45.8 Å². The number of aliphatic hydroxyl groups excluding tert-OH is 1. The van der Waals surface area contributed by atoms with Gasteiger partial charge in [0.1, 0.15) is 0 Å². The van der Waals surface area contributed by atoms with Crippen LogP contribution in [0, 0.1) is 11.8 Å². The van der Waals surface area contributed by atoms with Gasteiger partial charge in [-0.3, -0.25) is 4.79 Å². The molecule has 0 aliphatic carbocycles. The van der Waals surface area contributed by atoms with Gasteiger partial charge < -0.3 is 14.9 Å². The predicted octanol–water partition coefficient (Wildman–Crippen LogP) is 1.52. The highest BCUT2D eigenvalue weighted by Crippen LogP contribution is 2.24. The van der Waals surface area contributed by atoms with E-state index in [9.17, 15) is 9.90 Å². The highest BCUT2D eigenvalue weighted by Gasteiger charge is 2.30. The van der Waals surface area contributed by atoms with Gasteiger partial charge in [0.05, 0.1) is 17.6 Å². The van der Waals surface area contributed by atoms with Gasteiger partial charge in [0.15, 0.2) is 0 Å². The van der Waals surface area contributed by atoms with E-state index in [4.69, 9.17) is 9.84 Å². The molecule has 0 saturated carbocycles. The fraction of sp³-hybridized carbons (Fsp3) is 0.909. The van der Waals surface area contributed by atoms with E-state index in [-0.39, 0.29) is 5.92 Å². The minimum absolute atomic E-state index is 0.281. The Hall–Kier alpha value is -0.610. The first-order valence-electron chi connectivity index (χ1n) is 5.17. The van der Waals surface area contributed by atoms with Crippen LogP contribution in [0.4, 0.5) is 0 Å². The van der Waals surface area contributed by atoms with Crippen LogP contribution in [0.15, 0.2) is 0 Å². The van der Waals surface area contributed by atoms with Crippen LogP contribution in [0.5, 0.6) is 0 Å². The summed E-state index contributed by atoms with van der Waals surface area (Å²) in [4.78, 5) is 10.7. The van der Waals surface area contributed by atoms with Crippen LogP contribution in [0.2, 0.25) is 0 Å². The standard InChI is InChI=1S/C11H22O4/c1-7(8(2)10(13)14)9(12)6-11(3,4)15-5/h7-9,12H,6H2,1-5H3,(H,13,14). The molecule has 0 aromatic rings. The normalized spacial score (nSPS) is 18.3. The number of rotatable bonds is 6. The van der Waals surface area contributed by atoms with E-state index in [0.717, 1.165) is 0 Å². The molecule has 3 unspecified atom stereocenters. The first-order valence-corrected chi connectivity index (χ1v) is 5.17. The van der Waals surface area contributed by atoms with Gasteiger partial charge in [-0.1, -0.05) is 13.8 Å². The van der Waals surface area contributed by atoms with E-state index in [1.807, 2.05) is 13.8 Å². The Balaban J connectivity index is 4.33. The van der Waals surface area contributed by atoms with E-state index in [1.165, 1.54) is 0 Å². The molecular weight excluding hydrogens is 196 g/mol. The molecule has 0 radical (unpaired) electrons. The molecule has 0 amide bonds. The number of aliphatic hydroxyl groups is 1. The van der Waals surface area contributed by atoms with E-state index in [0.29, 0.717) is 6.42 Å². The monoisotopic (exact) mass is 218 g/mol. The smallest absolute Gasteiger partial charge is 0.306 e. The lowest BCUT2D eigenvalue weighted by atomic mass is 9.85. The SMILES string of the molecule is COC(C)(C)CC(O)C(C)C(C)C(=O)O. The molecule has 0 aliphatic heterocycles. The Labute approximate surface area is 91.3 Å². The van der Waals surface area contributed by atoms with E-state index in [1.54, 1.807) is 21.0 Å². The maximum absolute atomic E-state index is 10.7. The molecule has 90 valence electrons. The van der Waals surface area contributed by atoms with Crippen LogP contribution >= 0.6 is 0 Å². The lowest BCUT2D eigenvalue weighted by Gasteiger charge is -2.30. The van der Waals surface area contributed by atoms with Crippen molar-refractivity contribution in [2.24, 2.45) is 11.8 Å². The minimum atomic E-state index is -0.878. The summed E-state index contributed by atoms with van der Waals surface area (Å²) in [6, 6.07) is 0. The first-order chi connectivity index (χ1) is 6.71. The number of hydrogen-bond acceptors (Lipinski definition) is 3. The highest BCUT2D eigenvalue weighted by molar-refractivity contribution is 5.69. The van der Waals surface area contributed by atoms with Crippen molar-refractivity contribution >= 4 is 5.97 Å². The second kappa shape index (κ2) is 5.47. The summed E-state index contributed by atoms with van der Waals surface area (Å²) < 4.78 is 5.19. The van der Waals surface area contributed by atoms with Crippen LogP contribution in [0.3, 0.4) is 0 Å². The Morgan fingerprint density at radius 3 is 2.20 bits per heavy atom. The van der Waals surface area contributed by atoms with Crippen molar-refractivity contribution in [3.63, 3.8) is 0 Å². The molecule has 0 rings (SSSR count). The third kappa shape index (κ3) is 4.62. The Bertz CT molecular complexity index is 213. The maximum atomic E-state index is 10.7. The van der Waals surface area contributed by atoms with Gasteiger partial charge in [-0.15, -0.1) is 0 Å². The second-order valence-electron chi connectivity index (χ2n) is 4.72. The van der Waals surface area contributed by atoms with Crippen molar-refractivity contribution in [3.05, 3.63) is 0 Å². The number of ether oxygens (including phenoxy) is 1. The summed E-state index contributed by atoms with van der Waals surface area (Å²) in [5.74, 6) is -1.71. The molecule has 0 aromatic heterocycles. The van der Waals surface area contributed by atoms with Crippen molar-refractivity contribution in [2.75, 3.05) is 7.11 Å². The van der Waals surface area contributed by atoms with Gasteiger partial charge in [0, 0.05) is 13.5 Å². The fourth-order valence-electron chi connectivity index (χ4n) is 1.33. The summed E-state index contributed by atoms with van der Waals surface area (Å²) in [6.07, 6.45) is -0.228. The molecule has 0 fully saturated rings. The van der Waals surface area contributed by atoms with Crippen LogP contribution in [0.1, 0.15) is 34.1 Å². The number of hydrogen-bond donors (Lipinski definition) is 2. The number of methoxy groups -OCH3 is 1. The molecule has 0 bridgehead atoms. The molecule has 2 N–H and O–H groups in total. The maximum Gasteiger partial charge on any atom is 0.306 e. The summed E-state index contributed by atoms with van der Waals surface area (Å²) in [5.41, 5.74) is -0.425. The van der Waals surface area contributed by atoms with Crippen molar-refractivity contribution < 1.29 is 19.7 Å². The number of carbonyl (C=O) groups is 1. The quantitative estimate of drug-likeness (QED) is 0.709. The number of carboxylic acid groups (broad SMARTS) is 1. The van der Waals surface area contributed by atoms with Gasteiger partial charge in [0.2, 0.25) is 0 Å². The average molecular weight is 218 g/mol. The van der Waals surface area contributed by atoms with Crippen LogP contribution in [-0.4, -0.2) is 35.0 Å². The van der Waals surface area contributed by atoms with E-state index < -0.39 is 23.6 Å². The lowest BCUT2D eigenvalue weighted by molar-refractivity contribution is -0.145. The fourth-order valence-corrected chi connectivity index (χ4v) is 1.33. The minimum Gasteiger partial charge on any atom is -0.481 e. The second-order valence-corrected chi connectivity index (χ2v) is 4.72. The van der Waals surface area contributed by atoms with Gasteiger partial charge >= 0.3 is 5.97 Å². The summed E-state index contributed by atoms with van der Waals surface area (Å²) in [7, 11) is 1.58. The average Bonchev–Trinajstić information content (AvgIpc) is 2.14. The molecular formula is C11H22O4. The van der Waals surface area contributed by atoms with Gasteiger partial charge in [-0.2, -0.15) is 0 Å². The molecule has 3 atom stereocenters. The van der Waals surface area contributed by atoms with Crippen LogP contribution < -0.4 is 0 Å². The predicted molar refractivity (Wildman–Crippen MR) is 57.7 cm³/mol. The summed E-state index contributed by atoms with van der Waals surface area (Å²) >= 11 is 0. The highest BCUT2D eigenvalue weighted by atomic mass is 16.5. The topological polar surface area (TPSA) is 66.8 Å². The van der Waals surface area contributed by atoms with Crippen LogP contribution in [-0.2, 0) is 9.53 Å². The Morgan fingerprint density at radius 1 is 1.40 bits per heavy atom. The zero-order valence-corrected chi connectivity index (χ0v) is 10.2. The molecule has 0 heterocycles. The van der Waals surface area contributed by atoms with Crippen molar-refractivity contribution in [1.29, 1.82) is 0 Å². The van der Waals surface area contributed by atoms with E-state index in [2.05, 4.69) is 0 Å². The Kier molecular flexibility index (Phi) is 5.24. The molecule has 4 nitrogen and oxygen atoms in total. The largest absolute Gasteiger partial charge is 0.481 e. The molecule has 0 saturated heterocycles. The van der Waals surface area contributed by atoms with Gasteiger partial charge in [-0.25, -0.2) is 0 Å². The summed E-state index contributed by atoms with van der Waals surface area (Å²) in [6.45, 7) is 7.09. The molecule has 0 aliphatic rings. The van der Waals surface area contributed by atoms with Crippen LogP contribution in [0.25, 0.3) is 0 Å². The Morgan fingerprint density at radius 2 is 1.87 bits per heavy atom. The molecule has 0 aromatic carbocycles. The zero-order chi connectivity index (χ0) is 12.2. The molecule has 15 heavy (non-hydrogen) atoms. The first kappa shape index (κ1) is 14.4. The molecule has 0 spiro atoms. The van der Waals surface area contributed by atoms with Gasteiger partial charge in [-0.05, 0) is 19.8 Å². The van der Waals surface area contributed by atoms with Crippen molar-refractivity contribution in [3.8, 4) is 0 Å². The van der Waals surface area contributed by atoms with Crippen molar-refractivity contribution in [1.82, 2.24) is 0 Å². The third-order valence-corrected chi connectivity index (χ3v) is 3.04. The van der Waals surface area contributed by atoms with E-state index >= 15 is 0 Å². The third-order valence-electron chi connectivity index (χ3n) is 3.04. The molecule has 4 heteroatoms. The van der Waals surface area contributed by atoms with Gasteiger partial charge in [0.25, 0.3) is 0 Å². The number of carboxylic acids is 1. The summed E-state index contributed by atoms with van der Waals surface area (Å²) in [5, 5.41) is 18.7. The lowest BCUT2D eigenvalue weighted by Crippen LogP contribution is -2.36. The number of aliphatic carboxylic acids is 1. The zero-order valence-electron chi connectivity index (χ0n) is 10.2.